The molecule has 0 N–H and O–H groups in total. The molecule has 0 amide bonds. The molecule has 0 spiro atoms. The van der Waals surface area contributed by atoms with Crippen LogP contribution in [-0.4, -0.2) is 37.0 Å². The van der Waals surface area contributed by atoms with Crippen LogP contribution in [0.3, 0.4) is 0 Å². The number of nitriles is 1. The molecule has 9 nitrogen and oxygen atoms in total. The van der Waals surface area contributed by atoms with Crippen LogP contribution in [0.15, 0.2) is 370 Å². The topological polar surface area (TPSA) is 71.2 Å². The molecule has 24 aromatic rings. The highest BCUT2D eigenvalue weighted by atomic mass is 15.1. The molecule has 0 bridgehead atoms. The maximum Gasteiger partial charge on any atom is 0.140 e. The first kappa shape index (κ1) is 61.0. The SMILES string of the molecule is N#Cc1cc2c3ccccc3n(-c3ccccc3-c3ccccc3-n3c4ccccc4c4cc(-n5c6ccccc6c6ccccc65)ccc43)c2cc1-c1ccc2c3ccccc3n(-c3ccc4c(c3)c3ccccc3n4-c3cccc(-n4c5ccccc5c5cc(-n6c7ccccc7c7ccccc76)ccc54)n3)c2c1. The standard InChI is InChI=1S/C102H61N9/c103-62-64-56-81-75-31-8-20-43-93(75)109(91-41-18-7-29-73(91)72-28-6-17-40-90(72)108-92-42-19-9-32-76(92)82-58-65(49-53-96(82)108)105-85-35-12-1-24-68(85)69-25-2-13-36-86(69)105)100(81)61-80(64)63-48-52-79-74-30-5-16-39-89(74)107(99(79)57-63)67-51-55-98-84(60-67)78-34-11-22-45-95(78)111(98)102-47-23-46-101(104-102)110-94-44-21-10-33-77(94)83-59-66(50-54-97(83)110)106-87-37-14-3-26-70(87)71-27-4-15-38-88(71)106/h1-61H. The van der Waals surface area contributed by atoms with Crippen LogP contribution < -0.4 is 0 Å². The molecule has 0 saturated carbocycles. The second kappa shape index (κ2) is 23.4. The quantitative estimate of drug-likeness (QED) is 0.144. The highest BCUT2D eigenvalue weighted by Crippen LogP contribution is 2.47. The highest BCUT2D eigenvalue weighted by molar-refractivity contribution is 6.18. The van der Waals surface area contributed by atoms with Gasteiger partial charge >= 0.3 is 0 Å². The van der Waals surface area contributed by atoms with E-state index in [-0.39, 0.29) is 0 Å². The summed E-state index contributed by atoms with van der Waals surface area (Å²) in [5.74, 6) is 1.66. The van der Waals surface area contributed by atoms with Crippen LogP contribution in [0.4, 0.5) is 0 Å². The molecule has 9 heteroatoms. The minimum Gasteiger partial charge on any atom is -0.309 e. The average Bonchev–Trinajstić information content (AvgIpc) is 1.58. The summed E-state index contributed by atoms with van der Waals surface area (Å²) in [4.78, 5) is 5.63. The lowest BCUT2D eigenvalue weighted by molar-refractivity contribution is 1.01. The van der Waals surface area contributed by atoms with Gasteiger partial charge in [-0.2, -0.15) is 5.26 Å². The van der Waals surface area contributed by atoms with E-state index in [0.717, 1.165) is 155 Å². The Hall–Kier alpha value is -15.2. The monoisotopic (exact) mass is 1410 g/mol. The van der Waals surface area contributed by atoms with Crippen molar-refractivity contribution in [2.24, 2.45) is 0 Å². The Balaban J connectivity index is 0.635. The average molecular weight is 1410 g/mol. The van der Waals surface area contributed by atoms with Gasteiger partial charge in [-0.05, 0) is 157 Å². The van der Waals surface area contributed by atoms with E-state index >= 15 is 0 Å². The zero-order valence-electron chi connectivity index (χ0n) is 59.7. The lowest BCUT2D eigenvalue weighted by Crippen LogP contribution is -2.03. The Morgan fingerprint density at radius 1 is 0.189 bits per heavy atom. The number of rotatable bonds is 9. The van der Waals surface area contributed by atoms with E-state index < -0.39 is 0 Å². The molecule has 0 unspecified atom stereocenters. The number of hydrogen-bond donors (Lipinski definition) is 0. The molecule has 0 saturated heterocycles. The molecule has 16 aromatic carbocycles. The van der Waals surface area contributed by atoms with Gasteiger partial charge in [-0.25, -0.2) is 4.98 Å². The zero-order valence-corrected chi connectivity index (χ0v) is 59.7. The van der Waals surface area contributed by atoms with E-state index in [0.29, 0.717) is 5.56 Å². The van der Waals surface area contributed by atoms with E-state index in [1.54, 1.807) is 0 Å². The van der Waals surface area contributed by atoms with Gasteiger partial charge < -0.3 is 22.8 Å². The van der Waals surface area contributed by atoms with Crippen molar-refractivity contribution in [1.82, 2.24) is 37.0 Å². The third-order valence-electron chi connectivity index (χ3n) is 23.6. The second-order valence-electron chi connectivity index (χ2n) is 29.3. The van der Waals surface area contributed by atoms with Crippen LogP contribution in [0.25, 0.3) is 215 Å². The number of aromatic nitrogens is 8. The molecule has 0 aliphatic carbocycles. The fourth-order valence-corrected chi connectivity index (χ4v) is 18.9. The van der Waals surface area contributed by atoms with Crippen molar-refractivity contribution < 1.29 is 0 Å². The third-order valence-corrected chi connectivity index (χ3v) is 23.6. The number of benzene rings is 16. The van der Waals surface area contributed by atoms with E-state index in [9.17, 15) is 5.26 Å². The molecule has 111 heavy (non-hydrogen) atoms. The smallest absolute Gasteiger partial charge is 0.140 e. The van der Waals surface area contributed by atoms with Crippen LogP contribution in [-0.2, 0) is 0 Å². The first-order valence-electron chi connectivity index (χ1n) is 37.8. The maximum atomic E-state index is 11.4. The van der Waals surface area contributed by atoms with Gasteiger partial charge in [0.05, 0.1) is 100 Å². The van der Waals surface area contributed by atoms with Gasteiger partial charge in [0.15, 0.2) is 0 Å². The van der Waals surface area contributed by atoms with Gasteiger partial charge in [-0.3, -0.25) is 9.13 Å². The van der Waals surface area contributed by atoms with Crippen molar-refractivity contribution in [3.05, 3.63) is 376 Å². The number of fused-ring (bicyclic) bond motifs is 21. The van der Waals surface area contributed by atoms with Gasteiger partial charge in [-0.1, -0.05) is 218 Å². The summed E-state index contributed by atoms with van der Waals surface area (Å²) in [6.45, 7) is 0. The van der Waals surface area contributed by atoms with E-state index in [2.05, 4.69) is 408 Å². The Labute approximate surface area is 634 Å². The largest absolute Gasteiger partial charge is 0.309 e. The fourth-order valence-electron chi connectivity index (χ4n) is 18.9. The predicted molar refractivity (Wildman–Crippen MR) is 460 cm³/mol. The van der Waals surface area contributed by atoms with Crippen LogP contribution in [0.2, 0.25) is 0 Å². The van der Waals surface area contributed by atoms with E-state index in [4.69, 9.17) is 4.98 Å². The summed E-state index contributed by atoms with van der Waals surface area (Å²) < 4.78 is 16.7. The molecule has 0 fully saturated rings. The summed E-state index contributed by atoms with van der Waals surface area (Å²) in [5, 5.41) is 27.7. The van der Waals surface area contributed by atoms with Crippen molar-refractivity contribution in [3.63, 3.8) is 0 Å². The van der Waals surface area contributed by atoms with Crippen molar-refractivity contribution in [1.29, 1.82) is 5.26 Å². The third kappa shape index (κ3) is 8.72. The maximum absolute atomic E-state index is 11.4. The number of hydrogen-bond acceptors (Lipinski definition) is 2. The second-order valence-corrected chi connectivity index (χ2v) is 29.3. The summed E-state index contributed by atoms with van der Waals surface area (Å²) in [7, 11) is 0. The van der Waals surface area contributed by atoms with Gasteiger partial charge in [-0.15, -0.1) is 0 Å². The van der Waals surface area contributed by atoms with Crippen molar-refractivity contribution in [3.8, 4) is 68.4 Å². The van der Waals surface area contributed by atoms with E-state index in [1.807, 2.05) is 0 Å². The zero-order chi connectivity index (χ0) is 72.7. The predicted octanol–water partition coefficient (Wildman–Crippen LogP) is 26.0. The minimum absolute atomic E-state index is 0.605. The van der Waals surface area contributed by atoms with Crippen LogP contribution in [0, 0.1) is 11.3 Å². The molecule has 0 aliphatic heterocycles. The van der Waals surface area contributed by atoms with Crippen LogP contribution in [0.1, 0.15) is 5.56 Å². The number of pyridine rings is 1. The first-order chi connectivity index (χ1) is 55.1. The molecule has 0 atom stereocenters. The normalized spacial score (nSPS) is 12.1. The Bertz CT molecular complexity index is 8090. The lowest BCUT2D eigenvalue weighted by Gasteiger charge is -2.19. The van der Waals surface area contributed by atoms with Crippen molar-refractivity contribution in [2.45, 2.75) is 0 Å². The molecule has 24 rings (SSSR count). The molecule has 8 aromatic heterocycles. The molecule has 0 aliphatic rings. The molecular formula is C102H61N9. The van der Waals surface area contributed by atoms with Gasteiger partial charge in [0.1, 0.15) is 11.6 Å². The van der Waals surface area contributed by atoms with Crippen LogP contribution in [0.5, 0.6) is 0 Å². The number of nitrogens with zero attached hydrogens (tertiary/aromatic N) is 9. The Morgan fingerprint density at radius 3 is 0.856 bits per heavy atom. The van der Waals surface area contributed by atoms with E-state index in [1.165, 1.54) is 59.8 Å². The molecule has 0 radical (unpaired) electrons. The van der Waals surface area contributed by atoms with Crippen molar-refractivity contribution >= 4 is 153 Å². The highest BCUT2D eigenvalue weighted by Gasteiger charge is 2.26. The fraction of sp³-hybridized carbons (Fsp3) is 0. The first-order valence-corrected chi connectivity index (χ1v) is 37.8. The number of para-hydroxylation sites is 11. The van der Waals surface area contributed by atoms with Gasteiger partial charge in [0.2, 0.25) is 0 Å². The van der Waals surface area contributed by atoms with Gasteiger partial charge in [0.25, 0.3) is 0 Å². The summed E-state index contributed by atoms with van der Waals surface area (Å²) in [6.07, 6.45) is 0. The minimum atomic E-state index is 0.605. The summed E-state index contributed by atoms with van der Waals surface area (Å²) >= 11 is 0. The Morgan fingerprint density at radius 2 is 0.468 bits per heavy atom. The summed E-state index contributed by atoms with van der Waals surface area (Å²) in [6, 6.07) is 137. The molecule has 8 heterocycles. The van der Waals surface area contributed by atoms with Gasteiger partial charge in [0, 0.05) is 109 Å². The Kier molecular flexibility index (Phi) is 12.8. The van der Waals surface area contributed by atoms with Crippen LogP contribution >= 0.6 is 0 Å². The molecular weight excluding hydrogens is 1350 g/mol. The summed E-state index contributed by atoms with van der Waals surface area (Å²) in [5.41, 5.74) is 25.4. The van der Waals surface area contributed by atoms with Crippen molar-refractivity contribution in [2.75, 3.05) is 0 Å². The lowest BCUT2D eigenvalue weighted by atomic mass is 9.96. The molecule has 514 valence electrons.